The molecule has 1 saturated carbocycles. The van der Waals surface area contributed by atoms with E-state index in [2.05, 4.69) is 34.4 Å². The third kappa shape index (κ3) is 3.27. The molecule has 0 radical (unpaired) electrons. The Hall–Kier alpha value is -1.59. The maximum Gasteiger partial charge on any atom is 0.270 e. The second-order valence-corrected chi connectivity index (χ2v) is 8.66. The third-order valence-corrected chi connectivity index (χ3v) is 6.92. The van der Waals surface area contributed by atoms with Gasteiger partial charge in [0, 0.05) is 43.8 Å². The van der Waals surface area contributed by atoms with Gasteiger partial charge in [0.15, 0.2) is 0 Å². The van der Waals surface area contributed by atoms with Crippen molar-refractivity contribution in [2.24, 2.45) is 18.9 Å². The normalized spacial score (nSPS) is 26.2. The minimum Gasteiger partial charge on any atom is -0.347 e. The highest BCUT2D eigenvalue weighted by Crippen LogP contribution is 2.39. The molecule has 25 heavy (non-hydrogen) atoms. The second-order valence-electron chi connectivity index (χ2n) is 7.63. The quantitative estimate of drug-likeness (QED) is 0.838. The second kappa shape index (κ2) is 6.96. The molecule has 1 aliphatic carbocycles. The lowest BCUT2D eigenvalue weighted by Crippen LogP contribution is -2.43. The molecular formula is C20H27N3OS. The maximum absolute atomic E-state index is 12.9. The highest BCUT2D eigenvalue weighted by Gasteiger charge is 2.43. The number of fused-ring (bicyclic) bond motifs is 1. The summed E-state index contributed by atoms with van der Waals surface area (Å²) in [6, 6.07) is 8.83. The summed E-state index contributed by atoms with van der Waals surface area (Å²) in [4.78, 5) is 19.0. The van der Waals surface area contributed by atoms with Crippen molar-refractivity contribution >= 4 is 17.2 Å². The molecule has 0 bridgehead atoms. The van der Waals surface area contributed by atoms with Gasteiger partial charge in [-0.1, -0.05) is 12.5 Å². The predicted octanol–water partition coefficient (Wildman–Crippen LogP) is 3.46. The molecule has 134 valence electrons. The molecule has 0 spiro atoms. The molecule has 4 nitrogen and oxygen atoms in total. The first-order chi connectivity index (χ1) is 12.1. The first-order valence-corrected chi connectivity index (χ1v) is 10.1. The zero-order valence-corrected chi connectivity index (χ0v) is 15.9. The first kappa shape index (κ1) is 16.9. The Morgan fingerprint density at radius 1 is 1.28 bits per heavy atom. The lowest BCUT2D eigenvalue weighted by atomic mass is 9.77. The van der Waals surface area contributed by atoms with Crippen LogP contribution in [0.3, 0.4) is 0 Å². The summed E-state index contributed by atoms with van der Waals surface area (Å²) in [5.41, 5.74) is 0.808. The Kier molecular flexibility index (Phi) is 4.69. The number of likely N-dealkylation sites (tertiary alicyclic amines) is 1. The van der Waals surface area contributed by atoms with Crippen molar-refractivity contribution < 1.29 is 4.79 Å². The molecular weight excluding hydrogens is 330 g/mol. The van der Waals surface area contributed by atoms with Gasteiger partial charge < -0.3 is 9.47 Å². The number of rotatable bonds is 4. The van der Waals surface area contributed by atoms with Crippen LogP contribution < -0.4 is 0 Å². The van der Waals surface area contributed by atoms with Crippen molar-refractivity contribution in [1.82, 2.24) is 14.4 Å². The van der Waals surface area contributed by atoms with Crippen LogP contribution in [0.1, 0.15) is 34.6 Å². The molecule has 2 fully saturated rings. The fraction of sp³-hybridized carbons (Fsp3) is 0.550. The minimum atomic E-state index is 0.196. The van der Waals surface area contributed by atoms with E-state index in [1.165, 1.54) is 24.1 Å². The molecule has 3 heterocycles. The maximum atomic E-state index is 12.9. The highest BCUT2D eigenvalue weighted by atomic mass is 32.1. The van der Waals surface area contributed by atoms with E-state index in [1.54, 1.807) is 0 Å². The standard InChI is InChI=1S/C20H27N3OS/c1-21-10-4-9-19(21)20(24)23-12-15-6-3-8-18(17(15)14-23)22(2)13-16-7-5-11-25-16/h4-5,7,9-11,15,17-18H,3,6,8,12-14H2,1-2H3/t15-,17+,18+/m1/s1. The van der Waals surface area contributed by atoms with Gasteiger partial charge in [0.25, 0.3) is 5.91 Å². The van der Waals surface area contributed by atoms with Crippen LogP contribution in [0.4, 0.5) is 0 Å². The molecule has 0 unspecified atom stereocenters. The SMILES string of the molecule is CN(Cc1cccs1)[C@H]1CCC[C@@H]2CN(C(=O)c3cccn3C)C[C@@H]21. The zero-order chi connectivity index (χ0) is 17.4. The highest BCUT2D eigenvalue weighted by molar-refractivity contribution is 7.09. The first-order valence-electron chi connectivity index (χ1n) is 9.26. The summed E-state index contributed by atoms with van der Waals surface area (Å²) in [6.45, 7) is 2.86. The Morgan fingerprint density at radius 2 is 2.16 bits per heavy atom. The van der Waals surface area contributed by atoms with Crippen LogP contribution in [0.25, 0.3) is 0 Å². The van der Waals surface area contributed by atoms with E-state index in [4.69, 9.17) is 0 Å². The van der Waals surface area contributed by atoms with Crippen LogP contribution in [0.15, 0.2) is 35.8 Å². The lowest BCUT2D eigenvalue weighted by Gasteiger charge is -2.38. The summed E-state index contributed by atoms with van der Waals surface area (Å²) in [5.74, 6) is 1.47. The smallest absolute Gasteiger partial charge is 0.270 e. The van der Waals surface area contributed by atoms with E-state index in [9.17, 15) is 4.79 Å². The molecule has 0 N–H and O–H groups in total. The average molecular weight is 358 g/mol. The Morgan fingerprint density at radius 3 is 2.88 bits per heavy atom. The van der Waals surface area contributed by atoms with Crippen molar-refractivity contribution in [3.8, 4) is 0 Å². The van der Waals surface area contributed by atoms with Gasteiger partial charge in [0.1, 0.15) is 5.69 Å². The van der Waals surface area contributed by atoms with Crippen LogP contribution in [0, 0.1) is 11.8 Å². The van der Waals surface area contributed by atoms with Crippen LogP contribution in [0.5, 0.6) is 0 Å². The molecule has 3 atom stereocenters. The van der Waals surface area contributed by atoms with Crippen molar-refractivity contribution in [1.29, 1.82) is 0 Å². The van der Waals surface area contributed by atoms with Crippen LogP contribution >= 0.6 is 11.3 Å². The number of amides is 1. The molecule has 2 aromatic heterocycles. The van der Waals surface area contributed by atoms with E-state index in [1.807, 2.05) is 41.3 Å². The van der Waals surface area contributed by atoms with E-state index < -0.39 is 0 Å². The fourth-order valence-electron chi connectivity index (χ4n) is 4.77. The lowest BCUT2D eigenvalue weighted by molar-refractivity contribution is 0.0761. The van der Waals surface area contributed by atoms with E-state index in [-0.39, 0.29) is 5.91 Å². The van der Waals surface area contributed by atoms with Crippen molar-refractivity contribution in [2.75, 3.05) is 20.1 Å². The zero-order valence-electron chi connectivity index (χ0n) is 15.1. The van der Waals surface area contributed by atoms with Gasteiger partial charge in [-0.05, 0) is 55.3 Å². The van der Waals surface area contributed by atoms with Crippen molar-refractivity contribution in [3.63, 3.8) is 0 Å². The number of hydrogen-bond donors (Lipinski definition) is 0. The average Bonchev–Trinajstić information content (AvgIpc) is 3.33. The number of aryl methyl sites for hydroxylation is 1. The van der Waals surface area contributed by atoms with Gasteiger partial charge in [0.2, 0.25) is 0 Å². The van der Waals surface area contributed by atoms with Crippen LogP contribution in [-0.2, 0) is 13.6 Å². The molecule has 2 aliphatic rings. The van der Waals surface area contributed by atoms with Gasteiger partial charge in [-0.25, -0.2) is 0 Å². The summed E-state index contributed by atoms with van der Waals surface area (Å²) in [5, 5.41) is 2.16. The molecule has 1 amide bonds. The summed E-state index contributed by atoms with van der Waals surface area (Å²) < 4.78 is 1.94. The Bertz CT molecular complexity index is 723. The summed E-state index contributed by atoms with van der Waals surface area (Å²) in [7, 11) is 4.21. The van der Waals surface area contributed by atoms with Gasteiger partial charge in [-0.3, -0.25) is 9.69 Å². The van der Waals surface area contributed by atoms with Gasteiger partial charge in [-0.15, -0.1) is 11.3 Å². The van der Waals surface area contributed by atoms with E-state index in [0.29, 0.717) is 17.9 Å². The molecule has 1 saturated heterocycles. The molecule has 4 rings (SSSR count). The Balaban J connectivity index is 1.46. The van der Waals surface area contributed by atoms with Gasteiger partial charge >= 0.3 is 0 Å². The van der Waals surface area contributed by atoms with Crippen molar-refractivity contribution in [3.05, 3.63) is 46.4 Å². The minimum absolute atomic E-state index is 0.196. The van der Waals surface area contributed by atoms with E-state index >= 15 is 0 Å². The monoisotopic (exact) mass is 357 g/mol. The number of nitrogens with zero attached hydrogens (tertiary/aromatic N) is 3. The number of thiophene rings is 1. The summed E-state index contributed by atoms with van der Waals surface area (Å²) >= 11 is 1.84. The fourth-order valence-corrected chi connectivity index (χ4v) is 5.53. The third-order valence-electron chi connectivity index (χ3n) is 6.06. The van der Waals surface area contributed by atoms with Gasteiger partial charge in [0.05, 0.1) is 0 Å². The topological polar surface area (TPSA) is 28.5 Å². The number of carbonyl (C=O) groups is 1. The van der Waals surface area contributed by atoms with Gasteiger partial charge in [-0.2, -0.15) is 0 Å². The Labute approximate surface area is 154 Å². The largest absolute Gasteiger partial charge is 0.347 e. The number of carbonyl (C=O) groups excluding carboxylic acids is 1. The summed E-state index contributed by atoms with van der Waals surface area (Å²) in [6.07, 6.45) is 5.76. The molecule has 5 heteroatoms. The van der Waals surface area contributed by atoms with Crippen LogP contribution in [-0.4, -0.2) is 46.5 Å². The number of hydrogen-bond acceptors (Lipinski definition) is 3. The van der Waals surface area contributed by atoms with Crippen LogP contribution in [0.2, 0.25) is 0 Å². The number of aromatic nitrogens is 1. The van der Waals surface area contributed by atoms with E-state index in [0.717, 1.165) is 25.3 Å². The molecule has 1 aliphatic heterocycles. The molecule has 2 aromatic rings. The van der Waals surface area contributed by atoms with Crippen molar-refractivity contribution in [2.45, 2.75) is 31.8 Å². The molecule has 0 aromatic carbocycles. The predicted molar refractivity (Wildman–Crippen MR) is 102 cm³/mol.